The van der Waals surface area contributed by atoms with Gasteiger partial charge in [-0.3, -0.25) is 9.89 Å². The van der Waals surface area contributed by atoms with Crippen molar-refractivity contribution >= 4 is 16.8 Å². The van der Waals surface area contributed by atoms with Gasteiger partial charge in [-0.25, -0.2) is 0 Å². The first-order valence-corrected chi connectivity index (χ1v) is 10.6. The van der Waals surface area contributed by atoms with Crippen LogP contribution < -0.4 is 0 Å². The molecule has 0 saturated carbocycles. The summed E-state index contributed by atoms with van der Waals surface area (Å²) in [6, 6.07) is 7.87. The van der Waals surface area contributed by atoms with Gasteiger partial charge in [0.05, 0.1) is 11.8 Å². The molecule has 3 N–H and O–H groups in total. The Morgan fingerprint density at radius 2 is 2.17 bits per heavy atom. The van der Waals surface area contributed by atoms with Crippen molar-refractivity contribution in [1.29, 1.82) is 0 Å². The molecule has 1 saturated heterocycles. The van der Waals surface area contributed by atoms with Crippen LogP contribution in [0.4, 0.5) is 0 Å². The molecular formula is C23H28N4O2. The molecule has 2 aliphatic rings. The lowest BCUT2D eigenvalue weighted by Crippen LogP contribution is -2.42. The molecule has 5 rings (SSSR count). The molecule has 1 amide bonds. The number of amides is 1. The number of carbonyl (C=O) groups excluding carboxylic acids is 1. The van der Waals surface area contributed by atoms with Gasteiger partial charge >= 0.3 is 0 Å². The van der Waals surface area contributed by atoms with Crippen molar-refractivity contribution in [1.82, 2.24) is 20.1 Å². The second-order valence-corrected chi connectivity index (χ2v) is 9.40. The molecule has 0 bridgehead atoms. The molecule has 0 spiro atoms. The number of rotatable bonds is 2. The van der Waals surface area contributed by atoms with Crippen molar-refractivity contribution in [3.8, 4) is 11.4 Å². The Balaban J connectivity index is 1.45. The maximum absolute atomic E-state index is 12.9. The molecule has 152 valence electrons. The van der Waals surface area contributed by atoms with Crippen LogP contribution in [0.15, 0.2) is 24.3 Å². The summed E-state index contributed by atoms with van der Waals surface area (Å²) in [5, 5.41) is 18.7. The SMILES string of the molecule is CC1(C)CCc2c(-c3cc4cc(C(=O)N5CCCC(O)C5)ccc4[nH]3)n[nH]c2C1. The second kappa shape index (κ2) is 6.73. The second-order valence-electron chi connectivity index (χ2n) is 9.40. The quantitative estimate of drug-likeness (QED) is 0.622. The van der Waals surface area contributed by atoms with Gasteiger partial charge < -0.3 is 15.0 Å². The number of fused-ring (bicyclic) bond motifs is 2. The maximum atomic E-state index is 12.9. The summed E-state index contributed by atoms with van der Waals surface area (Å²) < 4.78 is 0. The molecule has 1 unspecified atom stereocenters. The molecule has 1 aromatic carbocycles. The molecule has 29 heavy (non-hydrogen) atoms. The van der Waals surface area contributed by atoms with Gasteiger partial charge in [0.15, 0.2) is 0 Å². The van der Waals surface area contributed by atoms with Crippen LogP contribution in [0, 0.1) is 5.41 Å². The number of likely N-dealkylation sites (tertiary alicyclic amines) is 1. The predicted octanol–water partition coefficient (Wildman–Crippen LogP) is 3.67. The minimum Gasteiger partial charge on any atom is -0.391 e. The lowest BCUT2D eigenvalue weighted by atomic mass is 9.76. The third-order valence-electron chi connectivity index (χ3n) is 6.47. The van der Waals surface area contributed by atoms with E-state index < -0.39 is 6.10 Å². The Hall–Kier alpha value is -2.60. The Bertz CT molecular complexity index is 1080. The van der Waals surface area contributed by atoms with E-state index in [1.807, 2.05) is 18.2 Å². The molecule has 6 heteroatoms. The van der Waals surface area contributed by atoms with Crippen molar-refractivity contribution in [2.45, 2.75) is 52.1 Å². The number of hydrogen-bond acceptors (Lipinski definition) is 3. The summed E-state index contributed by atoms with van der Waals surface area (Å²) >= 11 is 0. The van der Waals surface area contributed by atoms with Gasteiger partial charge in [-0.2, -0.15) is 5.10 Å². The highest BCUT2D eigenvalue weighted by atomic mass is 16.3. The molecule has 2 aromatic heterocycles. The number of aliphatic hydroxyl groups excluding tert-OH is 1. The fraction of sp³-hybridized carbons (Fsp3) is 0.478. The molecule has 1 atom stereocenters. The highest BCUT2D eigenvalue weighted by Crippen LogP contribution is 2.38. The standard InChI is InChI=1S/C23H28N4O2/c1-23(2)8-7-17-20(12-23)25-26-21(17)19-11-15-10-14(5-6-18(15)24-19)22(29)27-9-3-4-16(28)13-27/h5-6,10-11,16,24,28H,3-4,7-9,12-13H2,1-2H3,(H,25,26). The van der Waals surface area contributed by atoms with E-state index in [-0.39, 0.29) is 5.91 Å². The van der Waals surface area contributed by atoms with Crippen LogP contribution in [0.5, 0.6) is 0 Å². The van der Waals surface area contributed by atoms with Gasteiger partial charge in [0.25, 0.3) is 5.91 Å². The molecule has 1 fully saturated rings. The number of piperidine rings is 1. The monoisotopic (exact) mass is 392 g/mol. The summed E-state index contributed by atoms with van der Waals surface area (Å²) in [5.41, 5.74) is 6.54. The summed E-state index contributed by atoms with van der Waals surface area (Å²) in [4.78, 5) is 18.1. The summed E-state index contributed by atoms with van der Waals surface area (Å²) in [7, 11) is 0. The van der Waals surface area contributed by atoms with E-state index >= 15 is 0 Å². The van der Waals surface area contributed by atoms with Gasteiger partial charge in [-0.15, -0.1) is 0 Å². The zero-order valence-electron chi connectivity index (χ0n) is 17.1. The van der Waals surface area contributed by atoms with Gasteiger partial charge in [0, 0.05) is 40.8 Å². The normalized spacial score (nSPS) is 21.3. The number of nitrogens with zero attached hydrogens (tertiary/aromatic N) is 2. The Morgan fingerprint density at radius 1 is 1.31 bits per heavy atom. The van der Waals surface area contributed by atoms with Crippen molar-refractivity contribution in [3.63, 3.8) is 0 Å². The fourth-order valence-corrected chi connectivity index (χ4v) is 4.78. The van der Waals surface area contributed by atoms with Crippen LogP contribution in [-0.4, -0.2) is 50.3 Å². The molecule has 1 aliphatic heterocycles. The lowest BCUT2D eigenvalue weighted by molar-refractivity contribution is 0.0474. The number of aromatic nitrogens is 3. The van der Waals surface area contributed by atoms with E-state index in [4.69, 9.17) is 0 Å². The number of β-amino-alcohol motifs (C(OH)–C–C–N with tert-alkyl or cyclic N) is 1. The minimum atomic E-state index is -0.411. The third-order valence-corrected chi connectivity index (χ3v) is 6.47. The maximum Gasteiger partial charge on any atom is 0.253 e. The first-order valence-electron chi connectivity index (χ1n) is 10.6. The van der Waals surface area contributed by atoms with Gasteiger partial charge in [0.1, 0.15) is 5.69 Å². The van der Waals surface area contributed by atoms with Gasteiger partial charge in [0.2, 0.25) is 0 Å². The first kappa shape index (κ1) is 18.4. The summed E-state index contributed by atoms with van der Waals surface area (Å²) in [6.45, 7) is 5.74. The van der Waals surface area contributed by atoms with E-state index in [1.54, 1.807) is 4.90 Å². The molecule has 3 aromatic rings. The topological polar surface area (TPSA) is 85.0 Å². The fourth-order valence-electron chi connectivity index (χ4n) is 4.78. The number of aromatic amines is 2. The predicted molar refractivity (Wildman–Crippen MR) is 113 cm³/mol. The van der Waals surface area contributed by atoms with Crippen LogP contribution in [0.3, 0.4) is 0 Å². The Morgan fingerprint density at radius 3 is 3.00 bits per heavy atom. The van der Waals surface area contributed by atoms with Crippen molar-refractivity contribution in [2.75, 3.05) is 13.1 Å². The number of hydrogen-bond donors (Lipinski definition) is 3. The number of benzene rings is 1. The first-order chi connectivity index (χ1) is 13.9. The van der Waals surface area contributed by atoms with E-state index in [2.05, 4.69) is 35.1 Å². The van der Waals surface area contributed by atoms with Crippen LogP contribution in [0.2, 0.25) is 0 Å². The van der Waals surface area contributed by atoms with Crippen molar-refractivity contribution in [2.24, 2.45) is 5.41 Å². The average molecular weight is 393 g/mol. The van der Waals surface area contributed by atoms with Crippen LogP contribution in [0.25, 0.3) is 22.3 Å². The smallest absolute Gasteiger partial charge is 0.253 e. The van der Waals surface area contributed by atoms with Crippen LogP contribution in [-0.2, 0) is 12.8 Å². The highest BCUT2D eigenvalue weighted by Gasteiger charge is 2.29. The van der Waals surface area contributed by atoms with Gasteiger partial charge in [-0.05, 0) is 61.8 Å². The van der Waals surface area contributed by atoms with Crippen LogP contribution >= 0.6 is 0 Å². The van der Waals surface area contributed by atoms with E-state index in [0.717, 1.165) is 54.4 Å². The summed E-state index contributed by atoms with van der Waals surface area (Å²) in [5.74, 6) is -0.00669. The zero-order valence-corrected chi connectivity index (χ0v) is 17.1. The lowest BCUT2D eigenvalue weighted by Gasteiger charge is -2.30. The summed E-state index contributed by atoms with van der Waals surface area (Å²) in [6.07, 6.45) is 4.43. The number of carbonyl (C=O) groups is 1. The zero-order chi connectivity index (χ0) is 20.2. The van der Waals surface area contributed by atoms with E-state index in [1.165, 1.54) is 11.3 Å². The molecule has 0 radical (unpaired) electrons. The molecule has 3 heterocycles. The van der Waals surface area contributed by atoms with E-state index in [0.29, 0.717) is 24.1 Å². The Kier molecular flexibility index (Phi) is 4.28. The van der Waals surface area contributed by atoms with Gasteiger partial charge in [-0.1, -0.05) is 13.8 Å². The van der Waals surface area contributed by atoms with Crippen molar-refractivity contribution < 1.29 is 9.90 Å². The number of aliphatic hydroxyl groups is 1. The highest BCUT2D eigenvalue weighted by molar-refractivity contribution is 5.99. The number of H-pyrrole nitrogens is 2. The molecule has 1 aliphatic carbocycles. The van der Waals surface area contributed by atoms with Crippen molar-refractivity contribution in [3.05, 3.63) is 41.1 Å². The minimum absolute atomic E-state index is 0.00669. The number of nitrogens with one attached hydrogen (secondary N) is 2. The molecule has 6 nitrogen and oxygen atoms in total. The van der Waals surface area contributed by atoms with E-state index in [9.17, 15) is 9.90 Å². The van der Waals surface area contributed by atoms with Crippen LogP contribution in [0.1, 0.15) is 54.7 Å². The molecular weight excluding hydrogens is 364 g/mol. The largest absolute Gasteiger partial charge is 0.391 e. The average Bonchev–Trinajstić information content (AvgIpc) is 3.29. The third kappa shape index (κ3) is 3.35. The Labute approximate surface area is 170 Å².